The number of nitrogens with zero attached hydrogens (tertiary/aromatic N) is 3. The lowest BCUT2D eigenvalue weighted by Crippen LogP contribution is -2.25. The normalized spacial score (nSPS) is 19.6. The first kappa shape index (κ1) is 12.5. The van der Waals surface area contributed by atoms with Crippen molar-refractivity contribution in [2.45, 2.75) is 38.5 Å². The third-order valence-corrected chi connectivity index (χ3v) is 3.75. The molecular weight excluding hydrogens is 296 g/mol. The van der Waals surface area contributed by atoms with Gasteiger partial charge in [-0.3, -0.25) is 0 Å². The topological polar surface area (TPSA) is 38.2 Å². The van der Waals surface area contributed by atoms with Crippen molar-refractivity contribution < 1.29 is 17.6 Å². The van der Waals surface area contributed by atoms with Gasteiger partial charge in [-0.25, -0.2) is 8.78 Å². The molecule has 4 nitrogen and oxygen atoms in total. The fourth-order valence-corrected chi connectivity index (χ4v) is 2.71. The van der Waals surface area contributed by atoms with Gasteiger partial charge in [0.15, 0.2) is 0 Å². The Morgan fingerprint density at radius 3 is 3.10 bits per heavy atom. The van der Waals surface area contributed by atoms with Crippen LogP contribution < -0.4 is 4.74 Å². The number of aromatic nitrogens is 2. The molecule has 118 valence electrons. The highest BCUT2D eigenvalue weighted by Gasteiger charge is 2.28. The smallest absolute Gasteiger partial charge is 0.253 e. The maximum absolute atomic E-state index is 13.5. The molecule has 0 amide bonds. The number of hydrogen-bond donors (Lipinski definition) is 0. The van der Waals surface area contributed by atoms with Gasteiger partial charge in [0, 0.05) is 30.0 Å². The van der Waals surface area contributed by atoms with E-state index in [-0.39, 0.29) is 31.9 Å². The lowest BCUT2D eigenvalue weighted by molar-refractivity contribution is -0.0271. The van der Waals surface area contributed by atoms with Gasteiger partial charge in [-0.2, -0.15) is 4.37 Å². The minimum Gasteiger partial charge on any atom is -0.475 e. The molecule has 2 heterocycles. The Bertz CT molecular complexity index is 578. The van der Waals surface area contributed by atoms with Crippen LogP contribution in [0.3, 0.4) is 0 Å². The van der Waals surface area contributed by atoms with Gasteiger partial charge in [0.05, 0.1) is 18.3 Å². The average molecular weight is 320 g/mol. The molecule has 2 rings (SSSR count). The van der Waals surface area contributed by atoms with Crippen LogP contribution in [0.25, 0.3) is 5.57 Å². The zero-order valence-electron chi connectivity index (χ0n) is 14.9. The molecule has 0 radical (unpaired) electrons. The van der Waals surface area contributed by atoms with E-state index in [1.807, 2.05) is 6.08 Å². The van der Waals surface area contributed by atoms with E-state index < -0.39 is 12.9 Å². The Morgan fingerprint density at radius 2 is 2.33 bits per heavy atom. The fourth-order valence-electron chi connectivity index (χ4n) is 2.17. The average Bonchev–Trinajstić information content (AvgIpc) is 2.94. The monoisotopic (exact) mass is 320 g/mol. The van der Waals surface area contributed by atoms with Crippen LogP contribution in [0, 0.1) is 0 Å². The number of halogens is 2. The maximum Gasteiger partial charge on any atom is 0.253 e. The summed E-state index contributed by atoms with van der Waals surface area (Å²) < 4.78 is 63.0. The molecule has 0 fully saturated rings. The van der Waals surface area contributed by atoms with Gasteiger partial charge < -0.3 is 9.64 Å². The lowest BCUT2D eigenvalue weighted by Gasteiger charge is -2.22. The second-order valence-electron chi connectivity index (χ2n) is 5.06. The quantitative estimate of drug-likeness (QED) is 0.771. The molecular formula is C14H21F2N3OS. The van der Waals surface area contributed by atoms with Crippen LogP contribution in [0.15, 0.2) is 6.08 Å². The number of likely N-dealkylation sites (N-methyl/N-ethyl adjacent to an activating group) is 1. The summed E-state index contributed by atoms with van der Waals surface area (Å²) >= 11 is 0.924. The number of rotatable bonds is 7. The first-order valence-corrected chi connectivity index (χ1v) is 7.73. The van der Waals surface area contributed by atoms with Crippen LogP contribution >= 0.6 is 11.7 Å². The minimum atomic E-state index is -2.75. The van der Waals surface area contributed by atoms with Crippen molar-refractivity contribution in [1.29, 1.82) is 0 Å². The molecule has 0 unspecified atom stereocenters. The second-order valence-corrected chi connectivity index (χ2v) is 5.59. The Balaban J connectivity index is 1.99. The third-order valence-electron chi connectivity index (χ3n) is 3.24. The Hall–Kier alpha value is -1.08. The highest BCUT2D eigenvalue weighted by atomic mass is 32.1. The number of hydrogen-bond acceptors (Lipinski definition) is 5. The van der Waals surface area contributed by atoms with Crippen molar-refractivity contribution in [3.05, 3.63) is 11.8 Å². The summed E-state index contributed by atoms with van der Waals surface area (Å²) in [5.74, 6) is -2.55. The first-order valence-electron chi connectivity index (χ1n) is 8.50. The lowest BCUT2D eigenvalue weighted by atomic mass is 10.1. The minimum absolute atomic E-state index is 0.151. The summed E-state index contributed by atoms with van der Waals surface area (Å²) in [4.78, 5) is 1.38. The van der Waals surface area contributed by atoms with Crippen molar-refractivity contribution >= 4 is 17.3 Å². The van der Waals surface area contributed by atoms with Crippen LogP contribution in [-0.4, -0.2) is 46.2 Å². The van der Waals surface area contributed by atoms with Gasteiger partial charge in [0.1, 0.15) is 5.69 Å². The molecule has 0 atom stereocenters. The predicted octanol–water partition coefficient (Wildman–Crippen LogP) is 3.46. The van der Waals surface area contributed by atoms with E-state index in [2.05, 4.69) is 8.75 Å². The zero-order chi connectivity index (χ0) is 17.8. The number of alkyl halides is 2. The van der Waals surface area contributed by atoms with E-state index in [4.69, 9.17) is 8.85 Å². The van der Waals surface area contributed by atoms with Crippen molar-refractivity contribution in [2.24, 2.45) is 0 Å². The molecule has 0 aliphatic carbocycles. The van der Waals surface area contributed by atoms with Gasteiger partial charge in [-0.15, -0.1) is 4.37 Å². The van der Waals surface area contributed by atoms with Crippen molar-refractivity contribution in [3.8, 4) is 5.88 Å². The summed E-state index contributed by atoms with van der Waals surface area (Å²) in [5.41, 5.74) is 1.16. The van der Waals surface area contributed by atoms with Crippen molar-refractivity contribution in [3.63, 3.8) is 0 Å². The van der Waals surface area contributed by atoms with Crippen LogP contribution in [-0.2, 0) is 0 Å². The molecule has 0 bridgehead atoms. The van der Waals surface area contributed by atoms with Crippen molar-refractivity contribution in [2.75, 3.05) is 26.7 Å². The van der Waals surface area contributed by atoms with Gasteiger partial charge in [0.25, 0.3) is 11.8 Å². The van der Waals surface area contributed by atoms with E-state index in [0.717, 1.165) is 11.7 Å². The van der Waals surface area contributed by atoms with Gasteiger partial charge in [0.2, 0.25) is 0 Å². The molecule has 0 aromatic carbocycles. The number of ether oxygens (including phenoxy) is 1. The van der Waals surface area contributed by atoms with Crippen LogP contribution in [0.4, 0.5) is 8.78 Å². The van der Waals surface area contributed by atoms with Gasteiger partial charge in [-0.1, -0.05) is 19.4 Å². The Labute approximate surface area is 132 Å². The summed E-state index contributed by atoms with van der Waals surface area (Å²) in [6, 6.07) is 0. The molecule has 1 aliphatic rings. The molecule has 0 saturated heterocycles. The summed E-state index contributed by atoms with van der Waals surface area (Å²) in [6.07, 6.45) is 2.35. The fraction of sp³-hybridized carbons (Fsp3) is 0.714. The summed E-state index contributed by atoms with van der Waals surface area (Å²) in [6.45, 7) is 0.0403. The molecule has 0 spiro atoms. The molecule has 1 aliphatic heterocycles. The summed E-state index contributed by atoms with van der Waals surface area (Å²) in [7, 11) is 0. The first-order chi connectivity index (χ1) is 11.2. The summed E-state index contributed by atoms with van der Waals surface area (Å²) in [5, 5.41) is 0. The van der Waals surface area contributed by atoms with Crippen LogP contribution in [0.1, 0.15) is 42.4 Å². The Morgan fingerprint density at radius 1 is 1.48 bits per heavy atom. The largest absolute Gasteiger partial charge is 0.475 e. The van der Waals surface area contributed by atoms with E-state index >= 15 is 0 Å². The maximum atomic E-state index is 13.5. The molecule has 0 N–H and O–H groups in total. The van der Waals surface area contributed by atoms with Gasteiger partial charge >= 0.3 is 0 Å². The highest BCUT2D eigenvalue weighted by molar-refractivity contribution is 6.99. The van der Waals surface area contributed by atoms with E-state index in [0.29, 0.717) is 30.7 Å². The molecule has 1 aromatic heterocycles. The van der Waals surface area contributed by atoms with Crippen LogP contribution in [0.2, 0.25) is 0 Å². The molecule has 7 heteroatoms. The van der Waals surface area contributed by atoms with E-state index in [9.17, 15) is 8.78 Å². The standard InChI is InChI=1S/C14H21F2N3OS/c1-3-6-14(15,16)7-9-20-13-12(17-21-18-13)11-5-4-8-19(2)10-11/h5H,3-4,6-10H2,1-2H3/i2D3. The third kappa shape index (κ3) is 4.71. The van der Waals surface area contributed by atoms with Gasteiger partial charge in [-0.05, 0) is 19.0 Å². The van der Waals surface area contributed by atoms with E-state index in [1.165, 1.54) is 4.90 Å². The van der Waals surface area contributed by atoms with Crippen LogP contribution in [0.5, 0.6) is 5.88 Å². The van der Waals surface area contributed by atoms with E-state index in [1.54, 1.807) is 6.92 Å². The predicted molar refractivity (Wildman–Crippen MR) is 80.0 cm³/mol. The molecule has 0 saturated carbocycles. The second kappa shape index (κ2) is 7.26. The zero-order valence-corrected chi connectivity index (χ0v) is 12.8. The molecule has 21 heavy (non-hydrogen) atoms. The SMILES string of the molecule is [2H]C([2H])([2H])N1CCC=C(c2nsnc2OCCC(F)(F)CCC)C1. The Kier molecular flexibility index (Phi) is 4.31. The molecule has 1 aromatic rings. The van der Waals surface area contributed by atoms with Crippen molar-refractivity contribution in [1.82, 2.24) is 13.6 Å². The highest BCUT2D eigenvalue weighted by Crippen LogP contribution is 2.28.